The second kappa shape index (κ2) is 11.4. The summed E-state index contributed by atoms with van der Waals surface area (Å²) in [5.41, 5.74) is 6.05. The van der Waals surface area contributed by atoms with E-state index in [-0.39, 0.29) is 28.6 Å². The second-order valence-electron chi connectivity index (χ2n) is 10.6. The highest BCUT2D eigenvalue weighted by atomic mass is 19.4. The molecule has 230 valence electrons. The van der Waals surface area contributed by atoms with Gasteiger partial charge in [-0.05, 0) is 47.9 Å². The Morgan fingerprint density at radius 1 is 1.02 bits per heavy atom. The standard InChI is InChI=1S/C28H27F6N5O4/c29-27(30,31)23(17-6-4-16(5-7-17)18-2-1-3-19(12-18)43-28(32,33)34)42-22-13-21(37-25(35)38-22)39-10-8-26(9-11-39)14-20(24(40)41)36-15-26/h1-7,12-13,20,23,36H,8-11,14-15H2,(H,40,41)(H2,35,37,38)/t20?,23-/m1/s1. The van der Waals surface area contributed by atoms with Gasteiger partial charge in [0.05, 0.1) is 0 Å². The number of piperidine rings is 1. The number of nitrogens with two attached hydrogens (primary N) is 1. The van der Waals surface area contributed by atoms with Crippen LogP contribution in [0.5, 0.6) is 11.6 Å². The number of anilines is 2. The van der Waals surface area contributed by atoms with E-state index < -0.39 is 36.4 Å². The van der Waals surface area contributed by atoms with E-state index in [4.69, 9.17) is 10.5 Å². The summed E-state index contributed by atoms with van der Waals surface area (Å²) in [6.07, 6.45) is -10.4. The monoisotopic (exact) mass is 611 g/mol. The largest absolute Gasteiger partial charge is 0.573 e. The molecule has 1 spiro atoms. The Balaban J connectivity index is 1.31. The van der Waals surface area contributed by atoms with Crippen molar-refractivity contribution in [3.63, 3.8) is 0 Å². The molecule has 0 radical (unpaired) electrons. The Hall–Kier alpha value is -4.27. The van der Waals surface area contributed by atoms with Crippen LogP contribution in [-0.4, -0.2) is 59.3 Å². The zero-order chi connectivity index (χ0) is 31.0. The minimum absolute atomic E-state index is 0.183. The van der Waals surface area contributed by atoms with Crippen LogP contribution >= 0.6 is 0 Å². The number of ether oxygens (including phenoxy) is 2. The van der Waals surface area contributed by atoms with Gasteiger partial charge >= 0.3 is 18.5 Å². The average Bonchev–Trinajstić information content (AvgIpc) is 3.34. The number of hydrogen-bond acceptors (Lipinski definition) is 8. The number of nitrogen functional groups attached to an aromatic ring is 1. The maximum Gasteiger partial charge on any atom is 0.573 e. The van der Waals surface area contributed by atoms with E-state index in [0.717, 1.165) is 12.1 Å². The van der Waals surface area contributed by atoms with Crippen molar-refractivity contribution in [2.24, 2.45) is 5.41 Å². The maximum atomic E-state index is 14.2. The molecule has 3 heterocycles. The quantitative estimate of drug-likeness (QED) is 0.304. The third-order valence-electron chi connectivity index (χ3n) is 7.66. The summed E-state index contributed by atoms with van der Waals surface area (Å²) in [5, 5.41) is 12.3. The molecule has 2 aliphatic rings. The van der Waals surface area contributed by atoms with Crippen LogP contribution in [0, 0.1) is 5.41 Å². The maximum absolute atomic E-state index is 14.2. The van der Waals surface area contributed by atoms with Crippen LogP contribution in [0.1, 0.15) is 30.9 Å². The van der Waals surface area contributed by atoms with Crippen molar-refractivity contribution in [2.45, 2.75) is 43.9 Å². The van der Waals surface area contributed by atoms with Crippen molar-refractivity contribution in [1.29, 1.82) is 0 Å². The average molecular weight is 612 g/mol. The number of aliphatic carboxylic acids is 1. The van der Waals surface area contributed by atoms with Gasteiger partial charge in [-0.1, -0.05) is 36.4 Å². The fraction of sp³-hybridized carbons (Fsp3) is 0.393. The Labute approximate surface area is 241 Å². The lowest BCUT2D eigenvalue weighted by atomic mass is 9.76. The molecule has 0 bridgehead atoms. The number of halogens is 6. The van der Waals surface area contributed by atoms with Gasteiger partial charge in [0.25, 0.3) is 0 Å². The number of carbonyl (C=O) groups is 1. The number of benzene rings is 2. The predicted molar refractivity (Wildman–Crippen MR) is 142 cm³/mol. The topological polar surface area (TPSA) is 123 Å². The Morgan fingerprint density at radius 3 is 2.33 bits per heavy atom. The van der Waals surface area contributed by atoms with E-state index in [9.17, 15) is 36.2 Å². The molecule has 15 heteroatoms. The van der Waals surface area contributed by atoms with Crippen molar-refractivity contribution in [1.82, 2.24) is 15.3 Å². The number of nitrogens with one attached hydrogen (secondary N) is 1. The minimum Gasteiger partial charge on any atom is -0.480 e. The highest BCUT2D eigenvalue weighted by molar-refractivity contribution is 5.74. The summed E-state index contributed by atoms with van der Waals surface area (Å²) >= 11 is 0. The highest BCUT2D eigenvalue weighted by Gasteiger charge is 2.45. The first-order chi connectivity index (χ1) is 20.2. The number of rotatable bonds is 7. The Morgan fingerprint density at radius 2 is 1.72 bits per heavy atom. The molecule has 4 N–H and O–H groups in total. The van der Waals surface area contributed by atoms with E-state index in [2.05, 4.69) is 20.0 Å². The molecular formula is C28H27F6N5O4. The van der Waals surface area contributed by atoms with Gasteiger partial charge in [0.1, 0.15) is 17.6 Å². The van der Waals surface area contributed by atoms with E-state index >= 15 is 0 Å². The molecule has 0 saturated carbocycles. The fourth-order valence-electron chi connectivity index (χ4n) is 5.50. The molecular weight excluding hydrogens is 584 g/mol. The summed E-state index contributed by atoms with van der Waals surface area (Å²) in [6, 6.07) is 10.7. The Bertz CT molecular complexity index is 1460. The fourth-order valence-corrected chi connectivity index (χ4v) is 5.50. The molecule has 3 aromatic rings. The molecule has 1 aromatic heterocycles. The van der Waals surface area contributed by atoms with Gasteiger partial charge in [-0.15, -0.1) is 13.2 Å². The van der Waals surface area contributed by atoms with E-state index in [1.165, 1.54) is 42.5 Å². The van der Waals surface area contributed by atoms with Gasteiger partial charge in [-0.3, -0.25) is 4.79 Å². The van der Waals surface area contributed by atoms with Crippen molar-refractivity contribution >= 4 is 17.7 Å². The molecule has 0 aliphatic carbocycles. The van der Waals surface area contributed by atoms with Crippen LogP contribution in [0.4, 0.5) is 38.1 Å². The molecule has 5 rings (SSSR count). The first kappa shape index (κ1) is 30.2. The summed E-state index contributed by atoms with van der Waals surface area (Å²) in [6.45, 7) is 1.55. The third kappa shape index (κ3) is 7.21. The SMILES string of the molecule is Nc1nc(O[C@H](c2ccc(-c3cccc(OC(F)(F)F)c3)cc2)C(F)(F)F)cc(N2CCC3(CC2)CNC(C(=O)O)C3)n1. The number of carboxylic acids is 1. The van der Waals surface area contributed by atoms with Gasteiger partial charge in [-0.25, -0.2) is 0 Å². The van der Waals surface area contributed by atoms with Crippen molar-refractivity contribution in [3.8, 4) is 22.8 Å². The predicted octanol–water partition coefficient (Wildman–Crippen LogP) is 5.34. The van der Waals surface area contributed by atoms with Gasteiger partial charge in [0.2, 0.25) is 17.9 Å². The van der Waals surface area contributed by atoms with Crippen molar-refractivity contribution in [3.05, 3.63) is 60.2 Å². The van der Waals surface area contributed by atoms with Crippen LogP contribution in [0.2, 0.25) is 0 Å². The first-order valence-corrected chi connectivity index (χ1v) is 13.2. The molecule has 9 nitrogen and oxygen atoms in total. The van der Waals surface area contributed by atoms with Crippen LogP contribution in [0.25, 0.3) is 11.1 Å². The molecule has 2 aromatic carbocycles. The van der Waals surface area contributed by atoms with Crippen molar-refractivity contribution in [2.75, 3.05) is 30.3 Å². The van der Waals surface area contributed by atoms with E-state index in [1.807, 2.05) is 4.90 Å². The third-order valence-corrected chi connectivity index (χ3v) is 7.66. The van der Waals surface area contributed by atoms with Crippen LogP contribution in [0.15, 0.2) is 54.6 Å². The zero-order valence-electron chi connectivity index (χ0n) is 22.5. The molecule has 2 saturated heterocycles. The van der Waals surface area contributed by atoms with Crippen LogP contribution in [-0.2, 0) is 4.79 Å². The normalized spacial score (nSPS) is 19.3. The number of aromatic nitrogens is 2. The minimum atomic E-state index is -4.89. The van der Waals surface area contributed by atoms with E-state index in [0.29, 0.717) is 50.0 Å². The van der Waals surface area contributed by atoms with Crippen LogP contribution in [0.3, 0.4) is 0 Å². The van der Waals surface area contributed by atoms with Crippen LogP contribution < -0.4 is 25.4 Å². The highest BCUT2D eigenvalue weighted by Crippen LogP contribution is 2.42. The number of carboxylic acid groups (broad SMARTS) is 1. The Kier molecular flexibility index (Phi) is 8.03. The summed E-state index contributed by atoms with van der Waals surface area (Å²) < 4.78 is 89.5. The van der Waals surface area contributed by atoms with E-state index in [1.54, 1.807) is 0 Å². The smallest absolute Gasteiger partial charge is 0.480 e. The molecule has 2 aliphatic heterocycles. The second-order valence-corrected chi connectivity index (χ2v) is 10.6. The summed E-state index contributed by atoms with van der Waals surface area (Å²) in [4.78, 5) is 21.2. The van der Waals surface area contributed by atoms with Crippen molar-refractivity contribution < 1.29 is 45.7 Å². The first-order valence-electron chi connectivity index (χ1n) is 13.2. The van der Waals surface area contributed by atoms with Gasteiger partial charge in [-0.2, -0.15) is 23.1 Å². The van der Waals surface area contributed by atoms with Gasteiger partial charge in [0, 0.05) is 31.3 Å². The lowest BCUT2D eigenvalue weighted by Gasteiger charge is -2.39. The number of alkyl halides is 6. The molecule has 43 heavy (non-hydrogen) atoms. The molecule has 0 amide bonds. The summed E-state index contributed by atoms with van der Waals surface area (Å²) in [5.74, 6) is -1.74. The van der Waals surface area contributed by atoms with Gasteiger partial charge < -0.3 is 30.5 Å². The summed E-state index contributed by atoms with van der Waals surface area (Å²) in [7, 11) is 0. The molecule has 2 atom stereocenters. The lowest BCUT2D eigenvalue weighted by Crippen LogP contribution is -2.41. The molecule has 1 unspecified atom stereocenters. The molecule has 2 fully saturated rings. The zero-order valence-corrected chi connectivity index (χ0v) is 22.5. The lowest BCUT2D eigenvalue weighted by molar-refractivity contribution is -0.274. The number of nitrogens with zero attached hydrogens (tertiary/aromatic N) is 3. The van der Waals surface area contributed by atoms with Gasteiger partial charge in [0.15, 0.2) is 0 Å². The number of hydrogen-bond donors (Lipinski definition) is 3.